The number of carbonyl (C=O) groups is 1. The second-order valence-electron chi connectivity index (χ2n) is 5.38. The average molecular weight is 357 g/mol. The quantitative estimate of drug-likeness (QED) is 0.591. The van der Waals surface area contributed by atoms with E-state index in [4.69, 9.17) is 4.42 Å². The van der Waals surface area contributed by atoms with Gasteiger partial charge in [0.1, 0.15) is 12.3 Å². The second-order valence-corrected chi connectivity index (χ2v) is 6.44. The number of tetrazole rings is 1. The van der Waals surface area contributed by atoms with Crippen molar-refractivity contribution in [2.45, 2.75) is 24.5 Å². The number of nitrogens with one attached hydrogen (secondary N) is 1. The van der Waals surface area contributed by atoms with Crippen LogP contribution >= 0.6 is 11.8 Å². The van der Waals surface area contributed by atoms with Crippen molar-refractivity contribution in [3.05, 3.63) is 60.1 Å². The zero-order chi connectivity index (χ0) is 17.3. The topological polar surface area (TPSA) is 85.8 Å². The fraction of sp³-hybridized carbons (Fsp3) is 0.294. The molecule has 130 valence electrons. The molecule has 0 unspecified atom stereocenters. The van der Waals surface area contributed by atoms with Crippen LogP contribution in [0.15, 0.2) is 58.3 Å². The van der Waals surface area contributed by atoms with Crippen LogP contribution in [-0.2, 0) is 17.8 Å². The number of hydrogen-bond donors (Lipinski definition) is 1. The van der Waals surface area contributed by atoms with E-state index in [1.807, 2.05) is 30.3 Å². The smallest absolute Gasteiger partial charge is 0.220 e. The van der Waals surface area contributed by atoms with E-state index in [-0.39, 0.29) is 5.91 Å². The van der Waals surface area contributed by atoms with E-state index >= 15 is 0 Å². The number of aromatic nitrogens is 4. The molecule has 0 saturated carbocycles. The van der Waals surface area contributed by atoms with Crippen molar-refractivity contribution >= 4 is 17.7 Å². The molecule has 0 saturated heterocycles. The third kappa shape index (κ3) is 5.46. The van der Waals surface area contributed by atoms with Crippen LogP contribution in [0.5, 0.6) is 0 Å². The molecule has 0 aliphatic carbocycles. The van der Waals surface area contributed by atoms with Crippen LogP contribution in [0, 0.1) is 0 Å². The molecule has 0 aliphatic heterocycles. The highest BCUT2D eigenvalue weighted by Crippen LogP contribution is 2.16. The van der Waals surface area contributed by atoms with Gasteiger partial charge in [0.15, 0.2) is 0 Å². The number of nitrogens with zero attached hydrogens (tertiary/aromatic N) is 4. The SMILES string of the molecule is O=C(CCSc1nnnn1Cc1ccco1)NCCc1ccccc1. The van der Waals surface area contributed by atoms with E-state index in [0.717, 1.165) is 12.2 Å². The molecule has 3 rings (SSSR count). The van der Waals surface area contributed by atoms with E-state index < -0.39 is 0 Å². The lowest BCUT2D eigenvalue weighted by molar-refractivity contribution is -0.120. The van der Waals surface area contributed by atoms with Crippen molar-refractivity contribution < 1.29 is 9.21 Å². The first-order valence-corrected chi connectivity index (χ1v) is 9.02. The van der Waals surface area contributed by atoms with Crippen molar-refractivity contribution in [2.75, 3.05) is 12.3 Å². The zero-order valence-corrected chi connectivity index (χ0v) is 14.5. The fourth-order valence-electron chi connectivity index (χ4n) is 2.26. The number of carbonyl (C=O) groups excluding carboxylic acids is 1. The van der Waals surface area contributed by atoms with Gasteiger partial charge in [-0.25, -0.2) is 4.68 Å². The van der Waals surface area contributed by atoms with Gasteiger partial charge in [-0.15, -0.1) is 5.10 Å². The summed E-state index contributed by atoms with van der Waals surface area (Å²) in [5.74, 6) is 1.44. The van der Waals surface area contributed by atoms with Crippen molar-refractivity contribution in [1.29, 1.82) is 0 Å². The minimum atomic E-state index is 0.0356. The van der Waals surface area contributed by atoms with Crippen molar-refractivity contribution in [3.8, 4) is 0 Å². The molecule has 1 amide bonds. The molecule has 1 aromatic carbocycles. The summed E-state index contributed by atoms with van der Waals surface area (Å²) in [6.07, 6.45) is 2.88. The average Bonchev–Trinajstić information content (AvgIpc) is 3.29. The minimum Gasteiger partial charge on any atom is -0.467 e. The van der Waals surface area contributed by atoms with Crippen LogP contribution in [0.1, 0.15) is 17.7 Å². The van der Waals surface area contributed by atoms with E-state index in [1.54, 1.807) is 10.9 Å². The van der Waals surface area contributed by atoms with Crippen LogP contribution in [-0.4, -0.2) is 38.4 Å². The van der Waals surface area contributed by atoms with E-state index in [1.165, 1.54) is 17.3 Å². The summed E-state index contributed by atoms with van der Waals surface area (Å²) in [6, 6.07) is 13.8. The standard InChI is InChI=1S/C17H19N5O2S/c23-16(18-10-8-14-5-2-1-3-6-14)9-12-25-17-19-20-21-22(17)13-15-7-4-11-24-15/h1-7,11H,8-10,12-13H2,(H,18,23). The first kappa shape index (κ1) is 17.2. The lowest BCUT2D eigenvalue weighted by atomic mass is 10.1. The summed E-state index contributed by atoms with van der Waals surface area (Å²) in [4.78, 5) is 11.9. The fourth-order valence-corrected chi connectivity index (χ4v) is 3.08. The maximum Gasteiger partial charge on any atom is 0.220 e. The van der Waals surface area contributed by atoms with Gasteiger partial charge in [-0.1, -0.05) is 42.1 Å². The lowest BCUT2D eigenvalue weighted by Crippen LogP contribution is -2.25. The number of benzene rings is 1. The molecule has 3 aromatic rings. The summed E-state index contributed by atoms with van der Waals surface area (Å²) >= 11 is 1.46. The van der Waals surface area contributed by atoms with Gasteiger partial charge < -0.3 is 9.73 Å². The molecule has 7 nitrogen and oxygen atoms in total. The third-order valence-corrected chi connectivity index (χ3v) is 4.48. The molecule has 0 bridgehead atoms. The van der Waals surface area contributed by atoms with Gasteiger partial charge >= 0.3 is 0 Å². The van der Waals surface area contributed by atoms with Gasteiger partial charge in [0.05, 0.1) is 6.26 Å². The third-order valence-electron chi connectivity index (χ3n) is 3.52. The number of amides is 1. The number of rotatable bonds is 9. The Hall–Kier alpha value is -2.61. The molecule has 0 fully saturated rings. The molecule has 0 spiro atoms. The molecule has 2 heterocycles. The highest BCUT2D eigenvalue weighted by atomic mass is 32.2. The maximum absolute atomic E-state index is 11.9. The Balaban J connectivity index is 1.36. The molecule has 1 N–H and O–H groups in total. The first-order chi connectivity index (χ1) is 12.3. The molecule has 2 aromatic heterocycles. The van der Waals surface area contributed by atoms with E-state index in [0.29, 0.717) is 30.4 Å². The van der Waals surface area contributed by atoms with Crippen molar-refractivity contribution in [3.63, 3.8) is 0 Å². The molecular formula is C17H19N5O2S. The molecule has 0 aliphatic rings. The maximum atomic E-state index is 11.9. The molecule has 0 radical (unpaired) electrons. The predicted octanol–water partition coefficient (Wildman–Crippen LogP) is 2.16. The van der Waals surface area contributed by atoms with Gasteiger partial charge in [-0.2, -0.15) is 0 Å². The van der Waals surface area contributed by atoms with E-state index in [2.05, 4.69) is 33.0 Å². The monoisotopic (exact) mass is 357 g/mol. The summed E-state index contributed by atoms with van der Waals surface area (Å²) in [6.45, 7) is 1.12. The summed E-state index contributed by atoms with van der Waals surface area (Å²) in [5.41, 5.74) is 1.22. The van der Waals surface area contributed by atoms with Gasteiger partial charge in [-0.05, 0) is 34.5 Å². The Morgan fingerprint density at radius 3 is 2.88 bits per heavy atom. The number of hydrogen-bond acceptors (Lipinski definition) is 6. The minimum absolute atomic E-state index is 0.0356. The van der Waals surface area contributed by atoms with Crippen LogP contribution < -0.4 is 5.32 Å². The predicted molar refractivity (Wildman–Crippen MR) is 94.1 cm³/mol. The summed E-state index contributed by atoms with van der Waals surface area (Å²) in [7, 11) is 0. The Kier molecular flexibility index (Phi) is 6.22. The van der Waals surface area contributed by atoms with Gasteiger partial charge in [-0.3, -0.25) is 4.79 Å². The molecule has 25 heavy (non-hydrogen) atoms. The van der Waals surface area contributed by atoms with Crippen molar-refractivity contribution in [2.24, 2.45) is 0 Å². The van der Waals surface area contributed by atoms with Gasteiger partial charge in [0.25, 0.3) is 0 Å². The van der Waals surface area contributed by atoms with Gasteiger partial charge in [0, 0.05) is 18.7 Å². The Morgan fingerprint density at radius 1 is 1.20 bits per heavy atom. The Bertz CT molecular complexity index is 773. The highest BCUT2D eigenvalue weighted by Gasteiger charge is 2.10. The highest BCUT2D eigenvalue weighted by molar-refractivity contribution is 7.99. The number of furan rings is 1. The zero-order valence-electron chi connectivity index (χ0n) is 13.7. The lowest BCUT2D eigenvalue weighted by Gasteiger charge is -2.05. The normalized spacial score (nSPS) is 10.7. The number of thioether (sulfide) groups is 1. The second kappa shape index (κ2) is 9.03. The summed E-state index contributed by atoms with van der Waals surface area (Å²) < 4.78 is 6.96. The van der Waals surface area contributed by atoms with Gasteiger partial charge in [0.2, 0.25) is 11.1 Å². The molecular weight excluding hydrogens is 338 g/mol. The Labute approximate surface area is 149 Å². The van der Waals surface area contributed by atoms with Crippen LogP contribution in [0.25, 0.3) is 0 Å². The first-order valence-electron chi connectivity index (χ1n) is 8.03. The largest absolute Gasteiger partial charge is 0.467 e. The van der Waals surface area contributed by atoms with Crippen LogP contribution in [0.2, 0.25) is 0 Å². The van der Waals surface area contributed by atoms with Crippen LogP contribution in [0.3, 0.4) is 0 Å². The van der Waals surface area contributed by atoms with Crippen molar-refractivity contribution in [1.82, 2.24) is 25.5 Å². The Morgan fingerprint density at radius 2 is 2.08 bits per heavy atom. The molecule has 0 atom stereocenters. The molecule has 8 heteroatoms. The summed E-state index contributed by atoms with van der Waals surface area (Å²) in [5, 5.41) is 15.2. The van der Waals surface area contributed by atoms with Crippen LogP contribution in [0.4, 0.5) is 0 Å². The van der Waals surface area contributed by atoms with E-state index in [9.17, 15) is 4.79 Å².